The third kappa shape index (κ3) is 3.60. The molecule has 0 aliphatic rings. The van der Waals surface area contributed by atoms with Gasteiger partial charge in [0.1, 0.15) is 11.4 Å². The van der Waals surface area contributed by atoms with Crippen molar-refractivity contribution in [2.75, 3.05) is 11.8 Å². The molecule has 0 fully saturated rings. The topological polar surface area (TPSA) is 85.4 Å². The molecule has 1 heterocycles. The van der Waals surface area contributed by atoms with Crippen LogP contribution in [0.15, 0.2) is 32.9 Å². The highest BCUT2D eigenvalue weighted by Gasteiger charge is 2.18. The molecule has 0 radical (unpaired) electrons. The van der Waals surface area contributed by atoms with Crippen LogP contribution in [-0.4, -0.2) is 26.3 Å². The van der Waals surface area contributed by atoms with E-state index in [4.69, 9.17) is 4.74 Å². The first-order valence-corrected chi connectivity index (χ1v) is 8.82. The van der Waals surface area contributed by atoms with Gasteiger partial charge in [-0.05, 0) is 34.1 Å². The van der Waals surface area contributed by atoms with Crippen LogP contribution >= 0.6 is 27.3 Å². The Morgan fingerprint density at radius 1 is 1.43 bits per heavy atom. The molecule has 21 heavy (non-hydrogen) atoms. The predicted molar refractivity (Wildman–Crippen MR) is 83.6 cm³/mol. The molecule has 1 aromatic heterocycles. The van der Waals surface area contributed by atoms with E-state index in [1.54, 1.807) is 6.07 Å². The molecule has 9 heteroatoms. The van der Waals surface area contributed by atoms with Crippen molar-refractivity contribution in [1.82, 2.24) is 4.98 Å². The predicted octanol–water partition coefficient (Wildman–Crippen LogP) is 2.92. The summed E-state index contributed by atoms with van der Waals surface area (Å²) in [6, 6.07) is 4.40. The maximum atomic E-state index is 12.2. The number of carbonyl (C=O) groups excluding carboxylic acids is 1. The summed E-state index contributed by atoms with van der Waals surface area (Å²) >= 11 is 4.29. The summed E-state index contributed by atoms with van der Waals surface area (Å²) in [5, 5.41) is 1.65. The van der Waals surface area contributed by atoms with E-state index in [0.717, 1.165) is 11.3 Å². The van der Waals surface area contributed by atoms with Crippen molar-refractivity contribution in [2.45, 2.75) is 11.8 Å². The molecule has 0 aliphatic heterocycles. The fraction of sp³-hybridized carbons (Fsp3) is 0.167. The average Bonchev–Trinajstić information content (AvgIpc) is 2.86. The summed E-state index contributed by atoms with van der Waals surface area (Å²) in [4.78, 5) is 15.1. The van der Waals surface area contributed by atoms with Crippen LogP contribution in [0.4, 0.5) is 5.13 Å². The molecule has 2 aromatic rings. The first-order chi connectivity index (χ1) is 9.83. The van der Waals surface area contributed by atoms with Crippen LogP contribution < -0.4 is 9.46 Å². The van der Waals surface area contributed by atoms with E-state index in [0.29, 0.717) is 10.2 Å². The maximum Gasteiger partial charge on any atom is 0.263 e. The lowest BCUT2D eigenvalue weighted by atomic mass is 10.3. The van der Waals surface area contributed by atoms with Crippen LogP contribution in [0, 0.1) is 0 Å². The highest BCUT2D eigenvalue weighted by molar-refractivity contribution is 9.10. The molecule has 2 rings (SSSR count). The van der Waals surface area contributed by atoms with Crippen molar-refractivity contribution < 1.29 is 17.9 Å². The number of nitrogens with zero attached hydrogens (tertiary/aromatic N) is 1. The Hall–Kier alpha value is -1.45. The summed E-state index contributed by atoms with van der Waals surface area (Å²) in [7, 11) is -2.28. The number of halogens is 1. The molecule has 0 unspecified atom stereocenters. The van der Waals surface area contributed by atoms with Crippen molar-refractivity contribution in [3.63, 3.8) is 0 Å². The number of aromatic nitrogens is 1. The Balaban J connectivity index is 2.29. The van der Waals surface area contributed by atoms with Crippen molar-refractivity contribution in [3.8, 4) is 5.75 Å². The number of anilines is 1. The fourth-order valence-electron chi connectivity index (χ4n) is 1.47. The van der Waals surface area contributed by atoms with Crippen LogP contribution in [0.5, 0.6) is 5.75 Å². The fourth-order valence-corrected chi connectivity index (χ4v) is 4.19. The van der Waals surface area contributed by atoms with Gasteiger partial charge in [0.25, 0.3) is 10.0 Å². The van der Waals surface area contributed by atoms with Crippen molar-refractivity contribution in [2.24, 2.45) is 0 Å². The molecule has 0 aliphatic carbocycles. The highest BCUT2D eigenvalue weighted by Crippen LogP contribution is 2.28. The van der Waals surface area contributed by atoms with E-state index in [1.165, 1.54) is 31.5 Å². The number of benzene rings is 1. The van der Waals surface area contributed by atoms with Gasteiger partial charge < -0.3 is 4.74 Å². The van der Waals surface area contributed by atoms with Crippen molar-refractivity contribution >= 4 is 48.2 Å². The van der Waals surface area contributed by atoms with E-state index in [1.807, 2.05) is 0 Å². The Bertz CT molecular complexity index is 786. The zero-order valence-corrected chi connectivity index (χ0v) is 14.3. The Morgan fingerprint density at radius 3 is 2.67 bits per heavy atom. The highest BCUT2D eigenvalue weighted by atomic mass is 79.9. The number of carbonyl (C=O) groups is 1. The van der Waals surface area contributed by atoms with Gasteiger partial charge in [-0.3, -0.25) is 9.52 Å². The normalized spacial score (nSPS) is 11.2. The van der Waals surface area contributed by atoms with Gasteiger partial charge in [0, 0.05) is 12.3 Å². The van der Waals surface area contributed by atoms with Crippen molar-refractivity contribution in [1.29, 1.82) is 0 Å². The lowest BCUT2D eigenvalue weighted by Gasteiger charge is -2.08. The van der Waals surface area contributed by atoms with E-state index in [9.17, 15) is 13.2 Å². The van der Waals surface area contributed by atoms with Crippen molar-refractivity contribution in [3.05, 3.63) is 33.7 Å². The quantitative estimate of drug-likeness (QED) is 0.793. The zero-order chi connectivity index (χ0) is 15.6. The lowest BCUT2D eigenvalue weighted by Crippen LogP contribution is -2.13. The summed E-state index contributed by atoms with van der Waals surface area (Å²) in [6.07, 6.45) is 0. The molecule has 0 saturated heterocycles. The first-order valence-electron chi connectivity index (χ1n) is 5.66. The summed E-state index contributed by atoms with van der Waals surface area (Å²) in [6.45, 7) is 1.37. The molecular formula is C12H11BrN2O4S2. The van der Waals surface area contributed by atoms with Gasteiger partial charge in [0.05, 0.1) is 16.5 Å². The molecule has 0 atom stereocenters. The molecular weight excluding hydrogens is 380 g/mol. The summed E-state index contributed by atoms with van der Waals surface area (Å²) < 4.78 is 32.4. The SMILES string of the molecule is COc1ccc(S(=O)(=O)Nc2nc(C(C)=O)cs2)cc1Br. The molecule has 6 nitrogen and oxygen atoms in total. The van der Waals surface area contributed by atoms with Gasteiger partial charge >= 0.3 is 0 Å². The smallest absolute Gasteiger partial charge is 0.263 e. The Morgan fingerprint density at radius 2 is 2.14 bits per heavy atom. The largest absolute Gasteiger partial charge is 0.496 e. The Kier molecular flexibility index (Phi) is 4.64. The Labute approximate surface area is 134 Å². The van der Waals surface area contributed by atoms with Crippen LogP contribution in [0.1, 0.15) is 17.4 Å². The second-order valence-corrected chi connectivity index (χ2v) is 7.39. The summed E-state index contributed by atoms with van der Waals surface area (Å²) in [5.41, 5.74) is 0.230. The molecule has 0 saturated carbocycles. The number of thiazole rings is 1. The number of methoxy groups -OCH3 is 1. The standard InChI is InChI=1S/C12H11BrN2O4S2/c1-7(16)10-6-20-12(14-10)15-21(17,18)8-3-4-11(19-2)9(13)5-8/h3-6H,1-2H3,(H,14,15). The van der Waals surface area contributed by atoms with Gasteiger partial charge in [0.2, 0.25) is 0 Å². The van der Waals surface area contributed by atoms with Crippen LogP contribution in [0.25, 0.3) is 0 Å². The summed E-state index contributed by atoms with van der Waals surface area (Å²) in [5.74, 6) is 0.311. The number of hydrogen-bond donors (Lipinski definition) is 1. The number of sulfonamides is 1. The number of Topliss-reactive ketones (excluding diaryl/α,β-unsaturated/α-hetero) is 1. The van der Waals surface area contributed by atoms with E-state index >= 15 is 0 Å². The molecule has 1 aromatic carbocycles. The molecule has 0 amide bonds. The second kappa shape index (κ2) is 6.12. The third-order valence-corrected chi connectivity index (χ3v) is 5.36. The zero-order valence-electron chi connectivity index (χ0n) is 11.1. The van der Waals surface area contributed by atoms with Gasteiger partial charge in [-0.25, -0.2) is 13.4 Å². The number of hydrogen-bond acceptors (Lipinski definition) is 6. The first kappa shape index (κ1) is 15.9. The monoisotopic (exact) mass is 390 g/mol. The molecule has 1 N–H and O–H groups in total. The molecule has 0 spiro atoms. The van der Waals surface area contributed by atoms with Crippen LogP contribution in [0.3, 0.4) is 0 Å². The minimum Gasteiger partial charge on any atom is -0.496 e. The van der Waals surface area contributed by atoms with E-state index in [2.05, 4.69) is 25.6 Å². The number of ketones is 1. The number of ether oxygens (including phenoxy) is 1. The minimum atomic E-state index is -3.77. The minimum absolute atomic E-state index is 0.0646. The number of nitrogens with one attached hydrogen (secondary N) is 1. The van der Waals surface area contributed by atoms with E-state index in [-0.39, 0.29) is 21.5 Å². The molecule has 112 valence electrons. The van der Waals surface area contributed by atoms with E-state index < -0.39 is 10.0 Å². The second-order valence-electron chi connectivity index (χ2n) is 4.00. The van der Waals surface area contributed by atoms with Crippen LogP contribution in [0.2, 0.25) is 0 Å². The van der Waals surface area contributed by atoms with Gasteiger partial charge in [0.15, 0.2) is 10.9 Å². The van der Waals surface area contributed by atoms with Gasteiger partial charge in [-0.2, -0.15) is 0 Å². The van der Waals surface area contributed by atoms with Gasteiger partial charge in [-0.1, -0.05) is 0 Å². The average molecular weight is 391 g/mol. The van der Waals surface area contributed by atoms with Crippen LogP contribution in [-0.2, 0) is 10.0 Å². The van der Waals surface area contributed by atoms with Gasteiger partial charge in [-0.15, -0.1) is 11.3 Å². The number of rotatable bonds is 5. The third-order valence-electron chi connectivity index (χ3n) is 2.52. The maximum absolute atomic E-state index is 12.2. The molecule has 0 bridgehead atoms. The lowest BCUT2D eigenvalue weighted by molar-refractivity contribution is 0.101.